The highest BCUT2D eigenvalue weighted by molar-refractivity contribution is 6.28. The number of amidine groups is 1. The van der Waals surface area contributed by atoms with Gasteiger partial charge in [0.25, 0.3) is 5.91 Å². The predicted octanol–water partition coefficient (Wildman–Crippen LogP) is 4.92. The monoisotopic (exact) mass is 316 g/mol. The molecule has 0 fully saturated rings. The molecule has 0 bridgehead atoms. The van der Waals surface area contributed by atoms with E-state index in [2.05, 4.69) is 13.0 Å². The average Bonchev–Trinajstić information content (AvgIpc) is 2.76. The Bertz CT molecular complexity index is 864. The maximum absolute atomic E-state index is 13.2. The molecule has 0 saturated heterocycles. The Morgan fingerprint density at radius 2 is 1.71 bits per heavy atom. The Balaban J connectivity index is 1.95. The van der Waals surface area contributed by atoms with Gasteiger partial charge in [-0.2, -0.15) is 0 Å². The highest BCUT2D eigenvalue weighted by Crippen LogP contribution is 2.39. The molecule has 3 heteroatoms. The molecule has 2 aromatic carbocycles. The largest absolute Gasteiger partial charge is 0.268 e. The van der Waals surface area contributed by atoms with E-state index in [0.717, 1.165) is 41.2 Å². The standard InChI is InChI=1S/C21H20N2O/c1-14-12-13-18-17-10-6-7-11-19(17)21(24)23(20(18)22-15(14)2)16-8-4-3-5-9-16/h3-11,18H,12-13H2,1-2H3. The first-order chi connectivity index (χ1) is 11.7. The van der Waals surface area contributed by atoms with E-state index in [9.17, 15) is 4.79 Å². The van der Waals surface area contributed by atoms with Gasteiger partial charge in [0, 0.05) is 17.2 Å². The quantitative estimate of drug-likeness (QED) is 0.735. The molecule has 2 aliphatic heterocycles. The first-order valence-electron chi connectivity index (χ1n) is 8.40. The van der Waals surface area contributed by atoms with Gasteiger partial charge in [-0.15, -0.1) is 0 Å². The molecule has 0 N–H and O–H groups in total. The van der Waals surface area contributed by atoms with E-state index in [-0.39, 0.29) is 11.8 Å². The molecular formula is C21H20N2O. The molecule has 1 unspecified atom stereocenters. The molecule has 0 spiro atoms. The lowest BCUT2D eigenvalue weighted by atomic mass is 9.84. The van der Waals surface area contributed by atoms with Gasteiger partial charge in [0.1, 0.15) is 5.84 Å². The summed E-state index contributed by atoms with van der Waals surface area (Å²) in [7, 11) is 0. The Morgan fingerprint density at radius 1 is 1.00 bits per heavy atom. The molecule has 2 heterocycles. The molecule has 4 rings (SSSR count). The SMILES string of the molecule is CC1=C(C)N=C2C(CC1)c1ccccc1C(=O)N2c1ccccc1. The zero-order valence-corrected chi connectivity index (χ0v) is 14.0. The molecule has 24 heavy (non-hydrogen) atoms. The molecule has 2 aliphatic rings. The lowest BCUT2D eigenvalue weighted by molar-refractivity contribution is 0.0997. The molecule has 120 valence electrons. The second-order valence-corrected chi connectivity index (χ2v) is 6.49. The summed E-state index contributed by atoms with van der Waals surface area (Å²) in [6, 6.07) is 17.8. The third-order valence-corrected chi connectivity index (χ3v) is 5.03. The number of carbonyl (C=O) groups is 1. The minimum atomic E-state index is 0.0131. The molecule has 1 atom stereocenters. The van der Waals surface area contributed by atoms with Gasteiger partial charge in [-0.05, 0) is 50.5 Å². The van der Waals surface area contributed by atoms with E-state index in [4.69, 9.17) is 4.99 Å². The van der Waals surface area contributed by atoms with Crippen molar-refractivity contribution in [3.63, 3.8) is 0 Å². The van der Waals surface area contributed by atoms with Crippen LogP contribution in [0.2, 0.25) is 0 Å². The number of para-hydroxylation sites is 1. The summed E-state index contributed by atoms with van der Waals surface area (Å²) in [5, 5.41) is 0. The lowest BCUT2D eigenvalue weighted by Gasteiger charge is -2.35. The van der Waals surface area contributed by atoms with Crippen LogP contribution in [-0.4, -0.2) is 11.7 Å². The van der Waals surface area contributed by atoms with E-state index in [1.165, 1.54) is 5.57 Å². The summed E-state index contributed by atoms with van der Waals surface area (Å²) >= 11 is 0. The zero-order valence-electron chi connectivity index (χ0n) is 14.0. The number of hydrogen-bond acceptors (Lipinski definition) is 2. The number of hydrogen-bond donors (Lipinski definition) is 0. The smallest absolute Gasteiger partial charge is 0.264 e. The minimum absolute atomic E-state index is 0.0131. The number of nitrogens with zero attached hydrogens (tertiary/aromatic N) is 2. The van der Waals surface area contributed by atoms with E-state index in [0.29, 0.717) is 0 Å². The fraction of sp³-hybridized carbons (Fsp3) is 0.238. The molecule has 0 saturated carbocycles. The molecule has 2 aromatic rings. The van der Waals surface area contributed by atoms with E-state index >= 15 is 0 Å². The Kier molecular flexibility index (Phi) is 3.57. The van der Waals surface area contributed by atoms with Crippen LogP contribution < -0.4 is 4.90 Å². The van der Waals surface area contributed by atoms with Gasteiger partial charge in [-0.1, -0.05) is 42.0 Å². The van der Waals surface area contributed by atoms with Gasteiger partial charge in [-0.25, -0.2) is 4.99 Å². The summed E-state index contributed by atoms with van der Waals surface area (Å²) in [6.45, 7) is 4.18. The summed E-state index contributed by atoms with van der Waals surface area (Å²) in [5.41, 5.74) is 5.11. The van der Waals surface area contributed by atoms with Crippen LogP contribution in [0.5, 0.6) is 0 Å². The molecule has 0 aromatic heterocycles. The van der Waals surface area contributed by atoms with Crippen LogP contribution in [0.25, 0.3) is 0 Å². The third kappa shape index (κ3) is 2.28. The Labute approximate surface area is 142 Å². The van der Waals surface area contributed by atoms with Crippen LogP contribution in [0.3, 0.4) is 0 Å². The van der Waals surface area contributed by atoms with Crippen molar-refractivity contribution in [2.24, 2.45) is 4.99 Å². The summed E-state index contributed by atoms with van der Waals surface area (Å²) in [6.07, 6.45) is 1.99. The maximum Gasteiger partial charge on any atom is 0.264 e. The number of allylic oxidation sites excluding steroid dienone is 2. The molecule has 1 amide bonds. The summed E-state index contributed by atoms with van der Waals surface area (Å²) in [5.74, 6) is 1.03. The Morgan fingerprint density at radius 3 is 2.50 bits per heavy atom. The number of aliphatic imine (C=N–C) groups is 1. The number of fused-ring (bicyclic) bond motifs is 3. The van der Waals surface area contributed by atoms with Crippen molar-refractivity contribution < 1.29 is 4.79 Å². The molecule has 0 radical (unpaired) electrons. The highest BCUT2D eigenvalue weighted by Gasteiger charge is 2.38. The molecular weight excluding hydrogens is 296 g/mol. The van der Waals surface area contributed by atoms with E-state index in [1.807, 2.05) is 55.5 Å². The fourth-order valence-corrected chi connectivity index (χ4v) is 3.56. The van der Waals surface area contributed by atoms with Crippen molar-refractivity contribution in [1.82, 2.24) is 0 Å². The predicted molar refractivity (Wildman–Crippen MR) is 97.5 cm³/mol. The number of carbonyl (C=O) groups excluding carboxylic acids is 1. The molecule has 0 aliphatic carbocycles. The minimum Gasteiger partial charge on any atom is -0.268 e. The summed E-state index contributed by atoms with van der Waals surface area (Å²) < 4.78 is 0. The number of amides is 1. The number of rotatable bonds is 1. The van der Waals surface area contributed by atoms with Gasteiger partial charge < -0.3 is 0 Å². The van der Waals surface area contributed by atoms with E-state index in [1.54, 1.807) is 4.90 Å². The first kappa shape index (κ1) is 14.9. The maximum atomic E-state index is 13.2. The van der Waals surface area contributed by atoms with Crippen LogP contribution in [0, 0.1) is 0 Å². The van der Waals surface area contributed by atoms with Gasteiger partial charge in [0.05, 0.1) is 5.69 Å². The number of benzene rings is 2. The second-order valence-electron chi connectivity index (χ2n) is 6.49. The van der Waals surface area contributed by atoms with Crippen molar-refractivity contribution in [1.29, 1.82) is 0 Å². The van der Waals surface area contributed by atoms with Gasteiger partial charge in [0.15, 0.2) is 0 Å². The van der Waals surface area contributed by atoms with Crippen molar-refractivity contribution in [3.8, 4) is 0 Å². The summed E-state index contributed by atoms with van der Waals surface area (Å²) in [4.78, 5) is 19.9. The van der Waals surface area contributed by atoms with Crippen LogP contribution >= 0.6 is 0 Å². The van der Waals surface area contributed by atoms with Crippen molar-refractivity contribution in [2.75, 3.05) is 4.90 Å². The van der Waals surface area contributed by atoms with Crippen molar-refractivity contribution in [2.45, 2.75) is 32.6 Å². The molecule has 3 nitrogen and oxygen atoms in total. The number of anilines is 1. The average molecular weight is 316 g/mol. The first-order valence-corrected chi connectivity index (χ1v) is 8.40. The van der Waals surface area contributed by atoms with Gasteiger partial charge in [0.2, 0.25) is 0 Å². The van der Waals surface area contributed by atoms with Crippen LogP contribution in [-0.2, 0) is 0 Å². The third-order valence-electron chi connectivity index (χ3n) is 5.03. The second kappa shape index (κ2) is 5.75. The van der Waals surface area contributed by atoms with Crippen LogP contribution in [0.4, 0.5) is 5.69 Å². The normalized spacial score (nSPS) is 20.2. The van der Waals surface area contributed by atoms with Gasteiger partial charge in [-0.3, -0.25) is 9.69 Å². The highest BCUT2D eigenvalue weighted by atomic mass is 16.2. The van der Waals surface area contributed by atoms with Crippen LogP contribution in [0.1, 0.15) is 48.5 Å². The van der Waals surface area contributed by atoms with E-state index < -0.39 is 0 Å². The van der Waals surface area contributed by atoms with Crippen molar-refractivity contribution >= 4 is 17.4 Å². The van der Waals surface area contributed by atoms with Gasteiger partial charge >= 0.3 is 0 Å². The topological polar surface area (TPSA) is 32.7 Å². The zero-order chi connectivity index (χ0) is 16.7. The lowest BCUT2D eigenvalue weighted by Crippen LogP contribution is -2.45. The Hall–Kier alpha value is -2.68. The van der Waals surface area contributed by atoms with Crippen LogP contribution in [0.15, 0.2) is 70.9 Å². The fourth-order valence-electron chi connectivity index (χ4n) is 3.56. The van der Waals surface area contributed by atoms with Crippen molar-refractivity contribution in [3.05, 3.63) is 77.0 Å².